The van der Waals surface area contributed by atoms with Crippen LogP contribution in [0, 0.1) is 5.82 Å². The van der Waals surface area contributed by atoms with Crippen molar-refractivity contribution in [3.63, 3.8) is 0 Å². The number of carbonyl (C=O) groups excluding carboxylic acids is 1. The number of thioether (sulfide) groups is 1. The molecule has 1 saturated heterocycles. The number of ether oxygens (including phenoxy) is 1. The molecular weight excluding hydrogens is 339 g/mol. The van der Waals surface area contributed by atoms with E-state index in [4.69, 9.17) is 4.74 Å². The average Bonchev–Trinajstić information content (AvgIpc) is 2.87. The third-order valence-corrected chi connectivity index (χ3v) is 4.62. The van der Waals surface area contributed by atoms with Gasteiger partial charge in [0, 0.05) is 7.05 Å². The second-order valence-corrected chi connectivity index (χ2v) is 6.33. The van der Waals surface area contributed by atoms with Crippen LogP contribution in [0.4, 0.5) is 10.1 Å². The van der Waals surface area contributed by atoms with Gasteiger partial charge in [-0.25, -0.2) is 9.38 Å². The van der Waals surface area contributed by atoms with Gasteiger partial charge in [-0.15, -0.1) is 0 Å². The first-order valence-electron chi connectivity index (χ1n) is 7.82. The van der Waals surface area contributed by atoms with Gasteiger partial charge in [0.05, 0.1) is 11.5 Å². The van der Waals surface area contributed by atoms with Gasteiger partial charge in [-0.1, -0.05) is 24.3 Å². The van der Waals surface area contributed by atoms with Crippen LogP contribution in [-0.2, 0) is 4.79 Å². The van der Waals surface area contributed by atoms with Crippen LogP contribution in [0.25, 0.3) is 6.08 Å². The summed E-state index contributed by atoms with van der Waals surface area (Å²) in [7, 11) is 1.63. The van der Waals surface area contributed by atoms with E-state index in [0.29, 0.717) is 16.7 Å². The number of hydrogen-bond donors (Lipinski definition) is 0. The van der Waals surface area contributed by atoms with Crippen molar-refractivity contribution in [3.8, 4) is 5.75 Å². The molecule has 1 aliphatic rings. The van der Waals surface area contributed by atoms with Crippen LogP contribution in [0.3, 0.4) is 0 Å². The highest BCUT2D eigenvalue weighted by Crippen LogP contribution is 2.33. The zero-order chi connectivity index (χ0) is 17.8. The van der Waals surface area contributed by atoms with Crippen molar-refractivity contribution in [3.05, 3.63) is 64.8 Å². The first-order chi connectivity index (χ1) is 12.1. The van der Waals surface area contributed by atoms with Crippen molar-refractivity contribution in [2.45, 2.75) is 6.92 Å². The lowest BCUT2D eigenvalue weighted by Crippen LogP contribution is -2.23. The Morgan fingerprint density at radius 3 is 2.60 bits per heavy atom. The van der Waals surface area contributed by atoms with Gasteiger partial charge in [-0.05, 0) is 54.6 Å². The number of aliphatic imine (C=N–C) groups is 1. The molecular formula is C19H17FN2O2S. The molecule has 2 aromatic rings. The van der Waals surface area contributed by atoms with Gasteiger partial charge in [0.25, 0.3) is 5.91 Å². The molecule has 2 aromatic carbocycles. The summed E-state index contributed by atoms with van der Waals surface area (Å²) in [6, 6.07) is 13.7. The predicted octanol–water partition coefficient (Wildman–Crippen LogP) is 4.46. The van der Waals surface area contributed by atoms with Crippen LogP contribution in [-0.4, -0.2) is 29.6 Å². The van der Waals surface area contributed by atoms with Gasteiger partial charge < -0.3 is 4.74 Å². The minimum absolute atomic E-state index is 0.158. The third kappa shape index (κ3) is 3.91. The minimum Gasteiger partial charge on any atom is -0.494 e. The summed E-state index contributed by atoms with van der Waals surface area (Å²) in [5.74, 6) is 0.211. The van der Waals surface area contributed by atoms with Crippen molar-refractivity contribution in [2.75, 3.05) is 13.7 Å². The van der Waals surface area contributed by atoms with Crippen LogP contribution < -0.4 is 4.74 Å². The maximum atomic E-state index is 13.8. The molecule has 1 aliphatic heterocycles. The number of amides is 1. The highest BCUT2D eigenvalue weighted by atomic mass is 32.2. The lowest BCUT2D eigenvalue weighted by atomic mass is 10.2. The van der Waals surface area contributed by atoms with Gasteiger partial charge in [0.15, 0.2) is 5.17 Å². The lowest BCUT2D eigenvalue weighted by Gasteiger charge is -2.07. The molecule has 1 amide bonds. The summed E-state index contributed by atoms with van der Waals surface area (Å²) >= 11 is 1.23. The van der Waals surface area contributed by atoms with Crippen molar-refractivity contribution >= 4 is 34.6 Å². The van der Waals surface area contributed by atoms with Gasteiger partial charge >= 0.3 is 0 Å². The van der Waals surface area contributed by atoms with E-state index in [1.54, 1.807) is 31.3 Å². The largest absolute Gasteiger partial charge is 0.494 e. The van der Waals surface area contributed by atoms with Crippen molar-refractivity contribution in [2.24, 2.45) is 4.99 Å². The molecule has 0 bridgehead atoms. The topological polar surface area (TPSA) is 41.9 Å². The van der Waals surface area contributed by atoms with Crippen LogP contribution >= 0.6 is 11.8 Å². The SMILES string of the molecule is CCOc1ccc(/C=C2/SC(=Nc3ccccc3F)N(C)C2=O)cc1. The molecule has 3 rings (SSSR count). The summed E-state index contributed by atoms with van der Waals surface area (Å²) in [6.45, 7) is 2.53. The number of benzene rings is 2. The van der Waals surface area contributed by atoms with Gasteiger partial charge in [-0.2, -0.15) is 0 Å². The van der Waals surface area contributed by atoms with Gasteiger partial charge in [0.2, 0.25) is 0 Å². The second-order valence-electron chi connectivity index (χ2n) is 5.32. The highest BCUT2D eigenvalue weighted by molar-refractivity contribution is 8.18. The quantitative estimate of drug-likeness (QED) is 0.760. The summed E-state index contributed by atoms with van der Waals surface area (Å²) < 4.78 is 19.2. The van der Waals surface area contributed by atoms with Gasteiger partial charge in [-0.3, -0.25) is 9.69 Å². The second kappa shape index (κ2) is 7.53. The van der Waals surface area contributed by atoms with E-state index in [1.165, 1.54) is 22.7 Å². The molecule has 0 radical (unpaired) electrons. The van der Waals surface area contributed by atoms with E-state index in [9.17, 15) is 9.18 Å². The highest BCUT2D eigenvalue weighted by Gasteiger charge is 2.30. The molecule has 1 fully saturated rings. The average molecular weight is 356 g/mol. The zero-order valence-corrected chi connectivity index (χ0v) is 14.7. The van der Waals surface area contributed by atoms with E-state index in [2.05, 4.69) is 4.99 Å². The molecule has 128 valence electrons. The molecule has 0 saturated carbocycles. The zero-order valence-electron chi connectivity index (χ0n) is 13.9. The molecule has 25 heavy (non-hydrogen) atoms. The monoisotopic (exact) mass is 356 g/mol. The van der Waals surface area contributed by atoms with Crippen molar-refractivity contribution < 1.29 is 13.9 Å². The van der Waals surface area contributed by atoms with Crippen LogP contribution in [0.5, 0.6) is 5.75 Å². The van der Waals surface area contributed by atoms with E-state index in [1.807, 2.05) is 31.2 Å². The maximum absolute atomic E-state index is 13.8. The molecule has 0 atom stereocenters. The molecule has 0 aromatic heterocycles. The van der Waals surface area contributed by atoms with E-state index in [-0.39, 0.29) is 11.6 Å². The Hall–Kier alpha value is -2.60. The summed E-state index contributed by atoms with van der Waals surface area (Å²) in [5, 5.41) is 0.451. The normalized spacial score (nSPS) is 17.6. The Kier molecular flexibility index (Phi) is 5.19. The Morgan fingerprint density at radius 1 is 1.20 bits per heavy atom. The fourth-order valence-electron chi connectivity index (χ4n) is 2.28. The fourth-order valence-corrected chi connectivity index (χ4v) is 3.26. The third-order valence-electron chi connectivity index (χ3n) is 3.56. The number of amidine groups is 1. The molecule has 6 heteroatoms. The standard InChI is InChI=1S/C19H17FN2O2S/c1-3-24-14-10-8-13(9-11-14)12-17-18(23)22(2)19(25-17)21-16-7-5-4-6-15(16)20/h4-12H,3H2,1-2H3/b17-12+,21-19?. The maximum Gasteiger partial charge on any atom is 0.266 e. The Balaban J connectivity index is 1.84. The molecule has 0 spiro atoms. The number of para-hydroxylation sites is 1. The van der Waals surface area contributed by atoms with E-state index in [0.717, 1.165) is 11.3 Å². The first kappa shape index (κ1) is 17.2. The smallest absolute Gasteiger partial charge is 0.266 e. The molecule has 4 nitrogen and oxygen atoms in total. The predicted molar refractivity (Wildman–Crippen MR) is 99.4 cm³/mol. The molecule has 0 aliphatic carbocycles. The van der Waals surface area contributed by atoms with E-state index >= 15 is 0 Å². The van der Waals surface area contributed by atoms with E-state index < -0.39 is 5.82 Å². The first-order valence-corrected chi connectivity index (χ1v) is 8.64. The number of rotatable bonds is 4. The van der Waals surface area contributed by atoms with Crippen molar-refractivity contribution in [1.82, 2.24) is 4.90 Å². The molecule has 1 heterocycles. The summed E-state index contributed by atoms with van der Waals surface area (Å²) in [4.78, 5) is 18.6. The fraction of sp³-hybridized carbons (Fsp3) is 0.158. The Bertz CT molecular complexity index is 847. The Labute approximate surface area is 150 Å². The Morgan fingerprint density at radius 2 is 1.92 bits per heavy atom. The summed E-state index contributed by atoms with van der Waals surface area (Å²) in [5.41, 5.74) is 1.10. The number of nitrogens with zero attached hydrogens (tertiary/aromatic N) is 2. The molecule has 0 unspecified atom stereocenters. The minimum atomic E-state index is -0.416. The summed E-state index contributed by atoms with van der Waals surface area (Å²) in [6.07, 6.45) is 1.79. The van der Waals surface area contributed by atoms with Crippen LogP contribution in [0.2, 0.25) is 0 Å². The molecule has 0 N–H and O–H groups in total. The number of carbonyl (C=O) groups is 1. The van der Waals surface area contributed by atoms with Crippen LogP contribution in [0.15, 0.2) is 58.4 Å². The van der Waals surface area contributed by atoms with Crippen molar-refractivity contribution in [1.29, 1.82) is 0 Å². The van der Waals surface area contributed by atoms with Gasteiger partial charge in [0.1, 0.15) is 17.3 Å². The lowest BCUT2D eigenvalue weighted by molar-refractivity contribution is -0.121. The number of hydrogen-bond acceptors (Lipinski definition) is 4. The number of halogens is 1. The van der Waals surface area contributed by atoms with Crippen LogP contribution in [0.1, 0.15) is 12.5 Å². The number of likely N-dealkylation sites (N-methyl/N-ethyl adjacent to an activating group) is 1.